The lowest BCUT2D eigenvalue weighted by atomic mass is 10.2. The maximum Gasteiger partial charge on any atom is 0.127 e. The van der Waals surface area contributed by atoms with Crippen molar-refractivity contribution in [3.05, 3.63) is 57.6 Å². The highest BCUT2D eigenvalue weighted by molar-refractivity contribution is 6.42. The molecular formula is C16H17Cl2NO2. The molecule has 2 aromatic carbocycles. The molecule has 1 N–H and O–H groups in total. The van der Waals surface area contributed by atoms with E-state index < -0.39 is 0 Å². The monoisotopic (exact) mass is 325 g/mol. The standard InChI is InChI=1S/C16H17Cl2NO2/c1-19-9-12-4-5-13(20-2)8-16(12)21-10-11-3-6-14(17)15(18)7-11/h3-8,19H,9-10H2,1-2H3. The second-order valence-corrected chi connectivity index (χ2v) is 5.36. The van der Waals surface area contributed by atoms with Crippen molar-refractivity contribution in [2.24, 2.45) is 0 Å². The van der Waals surface area contributed by atoms with Crippen molar-refractivity contribution in [2.75, 3.05) is 14.2 Å². The molecule has 2 aromatic rings. The van der Waals surface area contributed by atoms with Crippen molar-refractivity contribution < 1.29 is 9.47 Å². The van der Waals surface area contributed by atoms with E-state index in [9.17, 15) is 0 Å². The molecule has 0 atom stereocenters. The van der Waals surface area contributed by atoms with Crippen LogP contribution < -0.4 is 14.8 Å². The van der Waals surface area contributed by atoms with Gasteiger partial charge in [-0.3, -0.25) is 0 Å². The predicted molar refractivity (Wildman–Crippen MR) is 86.6 cm³/mol. The van der Waals surface area contributed by atoms with Crippen LogP contribution >= 0.6 is 23.2 Å². The summed E-state index contributed by atoms with van der Waals surface area (Å²) in [7, 11) is 3.53. The van der Waals surface area contributed by atoms with Crippen LogP contribution in [0.15, 0.2) is 36.4 Å². The van der Waals surface area contributed by atoms with Crippen molar-refractivity contribution in [3.63, 3.8) is 0 Å². The summed E-state index contributed by atoms with van der Waals surface area (Å²) in [5.41, 5.74) is 2.03. The second kappa shape index (κ2) is 7.55. The number of nitrogens with one attached hydrogen (secondary N) is 1. The smallest absolute Gasteiger partial charge is 0.127 e. The van der Waals surface area contributed by atoms with Crippen LogP contribution in [0, 0.1) is 0 Å². The van der Waals surface area contributed by atoms with E-state index >= 15 is 0 Å². The van der Waals surface area contributed by atoms with Crippen LogP contribution in [-0.4, -0.2) is 14.2 Å². The first-order valence-corrected chi connectivity index (χ1v) is 7.28. The van der Waals surface area contributed by atoms with E-state index in [2.05, 4.69) is 5.32 Å². The third-order valence-corrected chi connectivity index (χ3v) is 3.76. The minimum absolute atomic E-state index is 0.417. The summed E-state index contributed by atoms with van der Waals surface area (Å²) < 4.78 is 11.1. The van der Waals surface area contributed by atoms with Gasteiger partial charge < -0.3 is 14.8 Å². The van der Waals surface area contributed by atoms with E-state index in [1.807, 2.05) is 37.4 Å². The van der Waals surface area contributed by atoms with Crippen molar-refractivity contribution >= 4 is 23.2 Å². The highest BCUT2D eigenvalue weighted by Gasteiger charge is 2.07. The highest BCUT2D eigenvalue weighted by atomic mass is 35.5. The van der Waals surface area contributed by atoms with Gasteiger partial charge in [0.2, 0.25) is 0 Å². The van der Waals surface area contributed by atoms with Crippen molar-refractivity contribution in [3.8, 4) is 11.5 Å². The summed E-state index contributed by atoms with van der Waals surface area (Å²) in [5, 5.41) is 4.18. The van der Waals surface area contributed by atoms with E-state index in [0.717, 1.165) is 29.2 Å². The van der Waals surface area contributed by atoms with Crippen LogP contribution in [0.1, 0.15) is 11.1 Å². The molecule has 0 unspecified atom stereocenters. The van der Waals surface area contributed by atoms with Crippen LogP contribution in [0.3, 0.4) is 0 Å². The van der Waals surface area contributed by atoms with Crippen LogP contribution in [-0.2, 0) is 13.2 Å². The molecule has 0 aliphatic carbocycles. The number of hydrogen-bond donors (Lipinski definition) is 1. The van der Waals surface area contributed by atoms with Gasteiger partial charge in [0.1, 0.15) is 18.1 Å². The first kappa shape index (κ1) is 16.0. The Morgan fingerprint density at radius 3 is 2.52 bits per heavy atom. The normalized spacial score (nSPS) is 10.5. The Hall–Kier alpha value is -1.42. The van der Waals surface area contributed by atoms with Crippen LogP contribution in [0.5, 0.6) is 11.5 Å². The summed E-state index contributed by atoms with van der Waals surface area (Å²) in [6.45, 7) is 1.14. The molecule has 3 nitrogen and oxygen atoms in total. The van der Waals surface area contributed by atoms with Crippen LogP contribution in [0.2, 0.25) is 10.0 Å². The Balaban J connectivity index is 2.15. The van der Waals surface area contributed by atoms with Gasteiger partial charge in [-0.05, 0) is 30.8 Å². The van der Waals surface area contributed by atoms with Gasteiger partial charge in [-0.2, -0.15) is 0 Å². The molecule has 0 spiro atoms. The van der Waals surface area contributed by atoms with Gasteiger partial charge in [0, 0.05) is 18.2 Å². The minimum Gasteiger partial charge on any atom is -0.497 e. The van der Waals surface area contributed by atoms with E-state index in [0.29, 0.717) is 16.7 Å². The second-order valence-electron chi connectivity index (χ2n) is 4.54. The maximum absolute atomic E-state index is 6.01. The summed E-state index contributed by atoms with van der Waals surface area (Å²) in [6.07, 6.45) is 0. The first-order chi connectivity index (χ1) is 10.1. The molecule has 112 valence electrons. The fourth-order valence-electron chi connectivity index (χ4n) is 1.92. The molecule has 0 amide bonds. The van der Waals surface area contributed by atoms with Gasteiger partial charge in [-0.1, -0.05) is 35.3 Å². The lowest BCUT2D eigenvalue weighted by molar-refractivity contribution is 0.300. The Bertz CT molecular complexity index is 617. The number of methoxy groups -OCH3 is 1. The van der Waals surface area contributed by atoms with Gasteiger partial charge in [-0.15, -0.1) is 0 Å². The largest absolute Gasteiger partial charge is 0.497 e. The summed E-state index contributed by atoms with van der Waals surface area (Å²) in [6, 6.07) is 11.2. The molecule has 0 bridgehead atoms. The molecule has 0 saturated heterocycles. The van der Waals surface area contributed by atoms with Gasteiger partial charge in [-0.25, -0.2) is 0 Å². The fourth-order valence-corrected chi connectivity index (χ4v) is 2.24. The maximum atomic E-state index is 6.01. The van der Waals surface area contributed by atoms with E-state index in [1.54, 1.807) is 13.2 Å². The molecule has 0 fully saturated rings. The number of halogens is 2. The number of hydrogen-bond acceptors (Lipinski definition) is 3. The van der Waals surface area contributed by atoms with Crippen molar-refractivity contribution in [2.45, 2.75) is 13.2 Å². The zero-order valence-electron chi connectivity index (χ0n) is 12.0. The first-order valence-electron chi connectivity index (χ1n) is 6.52. The van der Waals surface area contributed by atoms with Gasteiger partial charge in [0.15, 0.2) is 0 Å². The van der Waals surface area contributed by atoms with Gasteiger partial charge in [0.05, 0.1) is 17.2 Å². The van der Waals surface area contributed by atoms with E-state index in [-0.39, 0.29) is 0 Å². The number of ether oxygens (including phenoxy) is 2. The lowest BCUT2D eigenvalue weighted by Gasteiger charge is -2.13. The lowest BCUT2D eigenvalue weighted by Crippen LogP contribution is -2.07. The molecular weight excluding hydrogens is 309 g/mol. The zero-order valence-corrected chi connectivity index (χ0v) is 13.5. The van der Waals surface area contributed by atoms with E-state index in [4.69, 9.17) is 32.7 Å². The van der Waals surface area contributed by atoms with Crippen LogP contribution in [0.25, 0.3) is 0 Å². The summed E-state index contributed by atoms with van der Waals surface area (Å²) >= 11 is 11.9. The average molecular weight is 326 g/mol. The SMILES string of the molecule is CNCc1ccc(OC)cc1OCc1ccc(Cl)c(Cl)c1. The molecule has 0 heterocycles. The molecule has 0 aromatic heterocycles. The average Bonchev–Trinajstić information content (AvgIpc) is 2.50. The van der Waals surface area contributed by atoms with Crippen LogP contribution in [0.4, 0.5) is 0 Å². The third-order valence-electron chi connectivity index (χ3n) is 3.02. The van der Waals surface area contributed by atoms with Gasteiger partial charge in [0.25, 0.3) is 0 Å². The number of rotatable bonds is 6. The highest BCUT2D eigenvalue weighted by Crippen LogP contribution is 2.27. The van der Waals surface area contributed by atoms with Crippen molar-refractivity contribution in [1.82, 2.24) is 5.32 Å². The topological polar surface area (TPSA) is 30.5 Å². The Morgan fingerprint density at radius 1 is 1.05 bits per heavy atom. The molecule has 0 aliphatic rings. The Kier molecular flexibility index (Phi) is 5.74. The molecule has 0 radical (unpaired) electrons. The van der Waals surface area contributed by atoms with Crippen molar-refractivity contribution in [1.29, 1.82) is 0 Å². The summed E-state index contributed by atoms with van der Waals surface area (Å²) in [4.78, 5) is 0. The van der Waals surface area contributed by atoms with Gasteiger partial charge >= 0.3 is 0 Å². The fraction of sp³-hybridized carbons (Fsp3) is 0.250. The number of benzene rings is 2. The molecule has 5 heteroatoms. The Labute approximate surface area is 134 Å². The molecule has 21 heavy (non-hydrogen) atoms. The Morgan fingerprint density at radius 2 is 1.86 bits per heavy atom. The predicted octanol–water partition coefficient (Wildman–Crippen LogP) is 4.30. The molecule has 0 aliphatic heterocycles. The minimum atomic E-state index is 0.417. The quantitative estimate of drug-likeness (QED) is 0.858. The summed E-state index contributed by atoms with van der Waals surface area (Å²) in [5.74, 6) is 1.55. The molecule has 0 saturated carbocycles. The third kappa shape index (κ3) is 4.27. The van der Waals surface area contributed by atoms with E-state index in [1.165, 1.54) is 0 Å². The zero-order chi connectivity index (χ0) is 15.2. The molecule has 2 rings (SSSR count).